The summed E-state index contributed by atoms with van der Waals surface area (Å²) in [6.07, 6.45) is -3.17. The van der Waals surface area contributed by atoms with Crippen molar-refractivity contribution in [3.63, 3.8) is 0 Å². The first kappa shape index (κ1) is 19.3. The number of benzene rings is 2. The van der Waals surface area contributed by atoms with Gasteiger partial charge in [-0.2, -0.15) is 13.2 Å². The number of aliphatic carboxylic acids is 1. The summed E-state index contributed by atoms with van der Waals surface area (Å²) in [6.45, 7) is 0. The number of pyridine rings is 1. The highest BCUT2D eigenvalue weighted by atomic mass is 19.4. The molecule has 2 aromatic carbocycles. The lowest BCUT2D eigenvalue weighted by Crippen LogP contribution is -2.42. The summed E-state index contributed by atoms with van der Waals surface area (Å²) in [6, 6.07) is 11.3. The van der Waals surface area contributed by atoms with Crippen LogP contribution in [0.5, 0.6) is 0 Å². The summed E-state index contributed by atoms with van der Waals surface area (Å²) in [7, 11) is 0. The van der Waals surface area contributed by atoms with Gasteiger partial charge >= 0.3 is 12.1 Å². The Kier molecular flexibility index (Phi) is 5.30. The number of carboxylic acid groups (broad SMARTS) is 1. The molecule has 0 spiro atoms. The molecular formula is C20H15F3N2O3. The Morgan fingerprint density at radius 1 is 1.04 bits per heavy atom. The molecule has 1 aromatic heterocycles. The normalized spacial score (nSPS) is 12.5. The first-order valence-electron chi connectivity index (χ1n) is 8.29. The lowest BCUT2D eigenvalue weighted by molar-refractivity contribution is -0.139. The molecule has 2 N–H and O–H groups in total. The number of halogens is 3. The van der Waals surface area contributed by atoms with E-state index in [1.165, 1.54) is 24.4 Å². The Hall–Kier alpha value is -3.42. The molecule has 8 heteroatoms. The fraction of sp³-hybridized carbons (Fsp3) is 0.150. The predicted molar refractivity (Wildman–Crippen MR) is 95.8 cm³/mol. The summed E-state index contributed by atoms with van der Waals surface area (Å²) in [5, 5.41) is 12.4. The molecule has 0 fully saturated rings. The number of fused-ring (bicyclic) bond motifs is 1. The van der Waals surface area contributed by atoms with Gasteiger partial charge < -0.3 is 10.4 Å². The van der Waals surface area contributed by atoms with Gasteiger partial charge in [-0.15, -0.1) is 0 Å². The van der Waals surface area contributed by atoms with Crippen LogP contribution in [0, 0.1) is 0 Å². The molecule has 0 bridgehead atoms. The number of nitrogens with zero attached hydrogens (tertiary/aromatic N) is 1. The SMILES string of the molecule is O=C(N[C@@H](Cc1ccc(C(F)(F)F)cc1)C(=O)O)c1ccnc2ccccc12. The maximum Gasteiger partial charge on any atom is 0.416 e. The van der Waals surface area contributed by atoms with Crippen molar-refractivity contribution < 1.29 is 27.9 Å². The zero-order valence-corrected chi connectivity index (χ0v) is 14.4. The molecule has 0 saturated heterocycles. The lowest BCUT2D eigenvalue weighted by atomic mass is 10.0. The van der Waals surface area contributed by atoms with Gasteiger partial charge in [-0.3, -0.25) is 9.78 Å². The molecule has 0 aliphatic carbocycles. The standard InChI is InChI=1S/C20H15F3N2O3/c21-20(22,23)13-7-5-12(6-8-13)11-17(19(27)28)25-18(26)15-9-10-24-16-4-2-1-3-14(15)16/h1-10,17H,11H2,(H,25,26)(H,27,28)/t17-/m0/s1. The second-order valence-corrected chi connectivity index (χ2v) is 6.14. The molecule has 3 rings (SSSR count). The molecule has 1 amide bonds. The van der Waals surface area contributed by atoms with Crippen LogP contribution in [-0.2, 0) is 17.4 Å². The van der Waals surface area contributed by atoms with E-state index in [2.05, 4.69) is 10.3 Å². The number of alkyl halides is 3. The van der Waals surface area contributed by atoms with Gasteiger partial charge in [0.2, 0.25) is 0 Å². The highest BCUT2D eigenvalue weighted by molar-refractivity contribution is 6.06. The molecule has 1 atom stereocenters. The number of carboxylic acids is 1. The quantitative estimate of drug-likeness (QED) is 0.699. The number of amides is 1. The maximum atomic E-state index is 12.6. The largest absolute Gasteiger partial charge is 0.480 e. The topological polar surface area (TPSA) is 79.3 Å². The molecule has 0 aliphatic rings. The second kappa shape index (κ2) is 7.67. The van der Waals surface area contributed by atoms with E-state index in [-0.39, 0.29) is 12.0 Å². The zero-order chi connectivity index (χ0) is 20.3. The smallest absolute Gasteiger partial charge is 0.416 e. The molecule has 5 nitrogen and oxygen atoms in total. The predicted octanol–water partition coefficient (Wildman–Crippen LogP) is 3.68. The van der Waals surface area contributed by atoms with Crippen molar-refractivity contribution in [2.45, 2.75) is 18.6 Å². The summed E-state index contributed by atoms with van der Waals surface area (Å²) >= 11 is 0. The lowest BCUT2D eigenvalue weighted by Gasteiger charge is -2.16. The molecule has 28 heavy (non-hydrogen) atoms. The van der Waals surface area contributed by atoms with E-state index in [9.17, 15) is 27.9 Å². The van der Waals surface area contributed by atoms with Crippen LogP contribution in [0.25, 0.3) is 10.9 Å². The van der Waals surface area contributed by atoms with Gasteiger partial charge in [-0.05, 0) is 29.8 Å². The Morgan fingerprint density at radius 3 is 2.36 bits per heavy atom. The maximum absolute atomic E-state index is 12.6. The van der Waals surface area contributed by atoms with E-state index in [0.29, 0.717) is 16.5 Å². The third-order valence-corrected chi connectivity index (χ3v) is 4.22. The summed E-state index contributed by atoms with van der Waals surface area (Å²) in [5.74, 6) is -1.88. The number of rotatable bonds is 5. The van der Waals surface area contributed by atoms with Crippen molar-refractivity contribution in [1.82, 2.24) is 10.3 Å². The minimum atomic E-state index is -4.47. The van der Waals surface area contributed by atoms with E-state index >= 15 is 0 Å². The molecule has 3 aromatic rings. The number of para-hydroxylation sites is 1. The molecule has 0 unspecified atom stereocenters. The van der Waals surface area contributed by atoms with Crippen LogP contribution in [0.4, 0.5) is 13.2 Å². The number of aromatic nitrogens is 1. The second-order valence-electron chi connectivity index (χ2n) is 6.14. The first-order valence-corrected chi connectivity index (χ1v) is 8.29. The average Bonchev–Trinajstić information content (AvgIpc) is 2.66. The minimum absolute atomic E-state index is 0.151. The fourth-order valence-electron chi connectivity index (χ4n) is 2.80. The third-order valence-electron chi connectivity index (χ3n) is 4.22. The number of carbonyl (C=O) groups excluding carboxylic acids is 1. The van der Waals surface area contributed by atoms with E-state index in [0.717, 1.165) is 12.1 Å². The monoisotopic (exact) mass is 388 g/mol. The van der Waals surface area contributed by atoms with E-state index in [4.69, 9.17) is 0 Å². The van der Waals surface area contributed by atoms with E-state index in [1.807, 2.05) is 0 Å². The molecular weight excluding hydrogens is 373 g/mol. The Labute approximate surface area is 157 Å². The number of nitrogens with one attached hydrogen (secondary N) is 1. The fourth-order valence-corrected chi connectivity index (χ4v) is 2.80. The molecule has 0 aliphatic heterocycles. The van der Waals surface area contributed by atoms with Gasteiger partial charge in [0.25, 0.3) is 5.91 Å². The van der Waals surface area contributed by atoms with Crippen molar-refractivity contribution in [2.75, 3.05) is 0 Å². The van der Waals surface area contributed by atoms with E-state index < -0.39 is 29.7 Å². The van der Waals surface area contributed by atoms with Crippen LogP contribution in [0.15, 0.2) is 60.8 Å². The van der Waals surface area contributed by atoms with E-state index in [1.54, 1.807) is 24.3 Å². The van der Waals surface area contributed by atoms with Crippen LogP contribution >= 0.6 is 0 Å². The first-order chi connectivity index (χ1) is 13.3. The number of hydrogen-bond acceptors (Lipinski definition) is 3. The molecule has 0 radical (unpaired) electrons. The summed E-state index contributed by atoms with van der Waals surface area (Å²) in [5.41, 5.74) is 0.393. The Bertz CT molecular complexity index is 1010. The van der Waals surface area contributed by atoms with Gasteiger partial charge in [0.1, 0.15) is 6.04 Å². The Balaban J connectivity index is 1.79. The minimum Gasteiger partial charge on any atom is -0.480 e. The molecule has 0 saturated carbocycles. The van der Waals surface area contributed by atoms with Gasteiger partial charge in [0.05, 0.1) is 16.6 Å². The average molecular weight is 388 g/mol. The van der Waals surface area contributed by atoms with Gasteiger partial charge in [-0.1, -0.05) is 30.3 Å². The van der Waals surface area contributed by atoms with Crippen LogP contribution in [0.2, 0.25) is 0 Å². The number of hydrogen-bond donors (Lipinski definition) is 2. The van der Waals surface area contributed by atoms with Crippen molar-refractivity contribution in [3.8, 4) is 0 Å². The van der Waals surface area contributed by atoms with Crippen molar-refractivity contribution >= 4 is 22.8 Å². The Morgan fingerprint density at radius 2 is 1.71 bits per heavy atom. The molecule has 1 heterocycles. The van der Waals surface area contributed by atoms with Crippen molar-refractivity contribution in [2.24, 2.45) is 0 Å². The third kappa shape index (κ3) is 4.28. The van der Waals surface area contributed by atoms with Crippen molar-refractivity contribution in [3.05, 3.63) is 77.5 Å². The zero-order valence-electron chi connectivity index (χ0n) is 14.4. The van der Waals surface area contributed by atoms with Crippen molar-refractivity contribution in [1.29, 1.82) is 0 Å². The molecule has 144 valence electrons. The van der Waals surface area contributed by atoms with Gasteiger partial charge in [0, 0.05) is 18.0 Å². The van der Waals surface area contributed by atoms with Crippen LogP contribution in [0.3, 0.4) is 0 Å². The summed E-state index contributed by atoms with van der Waals surface area (Å²) < 4.78 is 37.9. The van der Waals surface area contributed by atoms with Crippen LogP contribution in [0.1, 0.15) is 21.5 Å². The van der Waals surface area contributed by atoms with Crippen LogP contribution < -0.4 is 5.32 Å². The highest BCUT2D eigenvalue weighted by Gasteiger charge is 2.30. The highest BCUT2D eigenvalue weighted by Crippen LogP contribution is 2.29. The number of carbonyl (C=O) groups is 2. The summed E-state index contributed by atoms with van der Waals surface area (Å²) in [4.78, 5) is 28.3. The van der Waals surface area contributed by atoms with Crippen LogP contribution in [-0.4, -0.2) is 28.0 Å². The van der Waals surface area contributed by atoms with Gasteiger partial charge in [0.15, 0.2) is 0 Å². The van der Waals surface area contributed by atoms with Gasteiger partial charge in [-0.25, -0.2) is 4.79 Å².